The van der Waals surface area contributed by atoms with E-state index in [0.717, 1.165) is 34.5 Å². The zero-order valence-corrected chi connectivity index (χ0v) is 18.0. The summed E-state index contributed by atoms with van der Waals surface area (Å²) >= 11 is 0. The van der Waals surface area contributed by atoms with Crippen molar-refractivity contribution in [2.24, 2.45) is 0 Å². The first-order valence-corrected chi connectivity index (χ1v) is 10.3. The molecule has 1 aliphatic carbocycles. The summed E-state index contributed by atoms with van der Waals surface area (Å²) < 4.78 is 11.0. The molecule has 0 N–H and O–H groups in total. The lowest BCUT2D eigenvalue weighted by Crippen LogP contribution is -2.40. The monoisotopic (exact) mass is 405 g/mol. The summed E-state index contributed by atoms with van der Waals surface area (Å²) in [5.41, 5.74) is 5.54. The molecule has 0 aromatic heterocycles. The average molecular weight is 405 g/mol. The molecule has 1 amide bonds. The molecule has 5 nitrogen and oxygen atoms in total. The van der Waals surface area contributed by atoms with Crippen LogP contribution in [0.1, 0.15) is 48.3 Å². The van der Waals surface area contributed by atoms with E-state index in [1.165, 1.54) is 5.56 Å². The number of allylic oxidation sites excluding steroid dienone is 2. The molecule has 0 bridgehead atoms. The molecule has 0 saturated heterocycles. The van der Waals surface area contributed by atoms with Crippen LogP contribution < -0.4 is 14.4 Å². The van der Waals surface area contributed by atoms with E-state index < -0.39 is 0 Å². The predicted octanol–water partition coefficient (Wildman–Crippen LogP) is 4.85. The second kappa shape index (κ2) is 7.98. The fourth-order valence-corrected chi connectivity index (χ4v) is 4.53. The Morgan fingerprint density at radius 3 is 2.43 bits per heavy atom. The fraction of sp³-hybridized carbons (Fsp3) is 0.360. The number of hydrogen-bond acceptors (Lipinski definition) is 4. The maximum atomic E-state index is 13.4. The summed E-state index contributed by atoms with van der Waals surface area (Å²) in [5, 5.41) is 0. The number of Topliss-reactive ketones (excluding diaryl/α,β-unsaturated/α-hetero) is 1. The van der Waals surface area contributed by atoms with Crippen molar-refractivity contribution in [1.82, 2.24) is 0 Å². The standard InChI is InChI=1S/C25H27NO4/c1-15-8-9-17(12-16(15)2)26-21-6-5-7-22(27)25(21)20(14-24(26)28)19-13-18(29-3)10-11-23(19)30-4/h8-13,20H,5-7,14H2,1-4H3. The Kier molecular flexibility index (Phi) is 5.37. The van der Waals surface area contributed by atoms with Gasteiger partial charge in [-0.25, -0.2) is 0 Å². The second-order valence-corrected chi connectivity index (χ2v) is 8.00. The molecule has 0 radical (unpaired) electrons. The van der Waals surface area contributed by atoms with E-state index in [-0.39, 0.29) is 24.0 Å². The highest BCUT2D eigenvalue weighted by molar-refractivity contribution is 6.07. The topological polar surface area (TPSA) is 55.8 Å². The molecule has 2 aromatic rings. The first-order valence-electron chi connectivity index (χ1n) is 10.3. The number of hydrogen-bond donors (Lipinski definition) is 0. The van der Waals surface area contributed by atoms with Crippen LogP contribution in [-0.2, 0) is 9.59 Å². The van der Waals surface area contributed by atoms with Crippen LogP contribution in [0.4, 0.5) is 5.69 Å². The number of anilines is 1. The zero-order valence-electron chi connectivity index (χ0n) is 18.0. The van der Waals surface area contributed by atoms with Crippen LogP contribution in [0.25, 0.3) is 0 Å². The molecule has 2 aliphatic rings. The van der Waals surface area contributed by atoms with Gasteiger partial charge in [-0.2, -0.15) is 0 Å². The fourth-order valence-electron chi connectivity index (χ4n) is 4.53. The number of benzene rings is 2. The van der Waals surface area contributed by atoms with E-state index in [1.807, 2.05) is 43.3 Å². The highest BCUT2D eigenvalue weighted by atomic mass is 16.5. The largest absolute Gasteiger partial charge is 0.497 e. The Morgan fingerprint density at radius 2 is 1.73 bits per heavy atom. The number of rotatable bonds is 4. The zero-order chi connectivity index (χ0) is 21.4. The number of nitrogens with zero attached hydrogens (tertiary/aromatic N) is 1. The van der Waals surface area contributed by atoms with E-state index in [0.29, 0.717) is 24.3 Å². The van der Waals surface area contributed by atoms with Gasteiger partial charge in [0.1, 0.15) is 11.5 Å². The van der Waals surface area contributed by atoms with Crippen molar-refractivity contribution in [3.05, 3.63) is 64.4 Å². The van der Waals surface area contributed by atoms with Gasteiger partial charge in [-0.15, -0.1) is 0 Å². The first kappa shape index (κ1) is 20.2. The molecule has 0 spiro atoms. The summed E-state index contributed by atoms with van der Waals surface area (Å²) in [6.07, 6.45) is 2.20. The van der Waals surface area contributed by atoms with Gasteiger partial charge < -0.3 is 9.47 Å². The van der Waals surface area contributed by atoms with Crippen LogP contribution in [0.3, 0.4) is 0 Å². The van der Waals surface area contributed by atoms with Gasteiger partial charge in [0, 0.05) is 41.3 Å². The normalized spacial score (nSPS) is 19.1. The van der Waals surface area contributed by atoms with E-state index in [2.05, 4.69) is 6.92 Å². The van der Waals surface area contributed by atoms with E-state index in [1.54, 1.807) is 19.1 Å². The number of methoxy groups -OCH3 is 2. The number of aryl methyl sites for hydroxylation is 2. The van der Waals surface area contributed by atoms with Crippen LogP contribution in [0.15, 0.2) is 47.7 Å². The minimum atomic E-state index is -0.326. The Balaban J connectivity index is 1.89. The lowest BCUT2D eigenvalue weighted by molar-refractivity contribution is -0.119. The van der Waals surface area contributed by atoms with Crippen molar-refractivity contribution < 1.29 is 19.1 Å². The van der Waals surface area contributed by atoms with Gasteiger partial charge in [-0.3, -0.25) is 14.5 Å². The third-order valence-electron chi connectivity index (χ3n) is 6.24. The van der Waals surface area contributed by atoms with E-state index in [9.17, 15) is 9.59 Å². The Labute approximate surface area is 177 Å². The first-order chi connectivity index (χ1) is 14.4. The number of carbonyl (C=O) groups excluding carboxylic acids is 2. The average Bonchev–Trinajstić information content (AvgIpc) is 2.75. The Morgan fingerprint density at radius 1 is 0.933 bits per heavy atom. The summed E-state index contributed by atoms with van der Waals surface area (Å²) in [7, 11) is 3.21. The number of amides is 1. The smallest absolute Gasteiger partial charge is 0.232 e. The van der Waals surface area contributed by atoms with E-state index >= 15 is 0 Å². The Hall–Kier alpha value is -3.08. The molecule has 2 aromatic carbocycles. The Bertz CT molecular complexity index is 1050. The molecule has 1 aliphatic heterocycles. The molecule has 156 valence electrons. The molecular formula is C25H27NO4. The van der Waals surface area contributed by atoms with Gasteiger partial charge >= 0.3 is 0 Å². The van der Waals surface area contributed by atoms with Crippen LogP contribution >= 0.6 is 0 Å². The summed E-state index contributed by atoms with van der Waals surface area (Å²) in [6, 6.07) is 11.6. The minimum Gasteiger partial charge on any atom is -0.497 e. The maximum Gasteiger partial charge on any atom is 0.232 e. The van der Waals surface area contributed by atoms with Crippen LogP contribution in [0, 0.1) is 13.8 Å². The molecule has 30 heavy (non-hydrogen) atoms. The summed E-state index contributed by atoms with van der Waals surface area (Å²) in [4.78, 5) is 28.3. The van der Waals surface area contributed by atoms with E-state index in [4.69, 9.17) is 9.47 Å². The molecular weight excluding hydrogens is 378 g/mol. The van der Waals surface area contributed by atoms with Crippen molar-refractivity contribution in [1.29, 1.82) is 0 Å². The third-order valence-corrected chi connectivity index (χ3v) is 6.24. The molecule has 4 rings (SSSR count). The second-order valence-electron chi connectivity index (χ2n) is 8.00. The van der Waals surface area contributed by atoms with Crippen LogP contribution in [0.2, 0.25) is 0 Å². The number of ether oxygens (including phenoxy) is 2. The van der Waals surface area contributed by atoms with Crippen LogP contribution in [-0.4, -0.2) is 25.9 Å². The summed E-state index contributed by atoms with van der Waals surface area (Å²) in [6.45, 7) is 4.09. The summed E-state index contributed by atoms with van der Waals surface area (Å²) in [5.74, 6) is 1.14. The molecule has 0 fully saturated rings. The van der Waals surface area contributed by atoms with Crippen LogP contribution in [0.5, 0.6) is 11.5 Å². The minimum absolute atomic E-state index is 0.00146. The van der Waals surface area contributed by atoms with Gasteiger partial charge in [0.2, 0.25) is 5.91 Å². The quantitative estimate of drug-likeness (QED) is 0.730. The molecule has 5 heteroatoms. The molecule has 1 unspecified atom stereocenters. The van der Waals surface area contributed by atoms with Crippen molar-refractivity contribution >= 4 is 17.4 Å². The number of carbonyl (C=O) groups is 2. The van der Waals surface area contributed by atoms with Gasteiger partial charge in [-0.1, -0.05) is 6.07 Å². The molecule has 1 heterocycles. The van der Waals surface area contributed by atoms with Crippen molar-refractivity contribution in [3.8, 4) is 11.5 Å². The van der Waals surface area contributed by atoms with Crippen molar-refractivity contribution in [2.75, 3.05) is 19.1 Å². The lowest BCUT2D eigenvalue weighted by Gasteiger charge is -2.38. The maximum absolute atomic E-state index is 13.4. The van der Waals surface area contributed by atoms with Gasteiger partial charge in [-0.05, 0) is 68.1 Å². The van der Waals surface area contributed by atoms with Gasteiger partial charge in [0.05, 0.1) is 14.2 Å². The van der Waals surface area contributed by atoms with Crippen molar-refractivity contribution in [2.45, 2.75) is 45.4 Å². The molecule has 1 atom stereocenters. The number of ketones is 1. The lowest BCUT2D eigenvalue weighted by atomic mass is 9.76. The third kappa shape index (κ3) is 3.38. The highest BCUT2D eigenvalue weighted by Crippen LogP contribution is 2.46. The molecule has 0 saturated carbocycles. The SMILES string of the molecule is COc1ccc(OC)c(C2CC(=O)N(c3ccc(C)c(C)c3)C3=C2C(=O)CCC3)c1. The predicted molar refractivity (Wildman–Crippen MR) is 116 cm³/mol. The van der Waals surface area contributed by atoms with Gasteiger partial charge in [0.25, 0.3) is 0 Å². The van der Waals surface area contributed by atoms with Crippen molar-refractivity contribution in [3.63, 3.8) is 0 Å². The van der Waals surface area contributed by atoms with Gasteiger partial charge in [0.15, 0.2) is 5.78 Å². The highest BCUT2D eigenvalue weighted by Gasteiger charge is 2.40.